The molecule has 3 aromatic rings. The van der Waals surface area contributed by atoms with Gasteiger partial charge in [-0.25, -0.2) is 18.0 Å². The van der Waals surface area contributed by atoms with Gasteiger partial charge in [-0.3, -0.25) is 4.31 Å². The van der Waals surface area contributed by atoms with Gasteiger partial charge in [0.15, 0.2) is 0 Å². The van der Waals surface area contributed by atoms with Crippen LogP contribution in [-0.4, -0.2) is 33.3 Å². The summed E-state index contributed by atoms with van der Waals surface area (Å²) in [6, 6.07) is 13.4. The average molecular weight is 491 g/mol. The Bertz CT molecular complexity index is 1190. The molecule has 0 saturated heterocycles. The highest BCUT2D eigenvalue weighted by Gasteiger charge is 2.22. The van der Waals surface area contributed by atoms with E-state index >= 15 is 0 Å². The number of fused-ring (bicyclic) bond motifs is 1. The average Bonchev–Trinajstić information content (AvgIpc) is 3.46. The van der Waals surface area contributed by atoms with Crippen molar-refractivity contribution in [2.45, 2.75) is 53.0 Å². The van der Waals surface area contributed by atoms with Crippen molar-refractivity contribution in [1.82, 2.24) is 4.98 Å². The minimum atomic E-state index is -2.58. The lowest BCUT2D eigenvalue weighted by Crippen LogP contribution is -2.24. The lowest BCUT2D eigenvalue weighted by molar-refractivity contribution is 0.224. The maximum absolute atomic E-state index is 12.8. The molecule has 5 nitrogen and oxygen atoms in total. The number of anilines is 1. The van der Waals surface area contributed by atoms with Gasteiger partial charge in [0.25, 0.3) is 6.43 Å². The predicted octanol–water partition coefficient (Wildman–Crippen LogP) is 6.56. The Labute approximate surface area is 199 Å². The van der Waals surface area contributed by atoms with Crippen LogP contribution in [0.25, 0.3) is 10.2 Å². The molecule has 33 heavy (non-hydrogen) atoms. The number of aromatic nitrogens is 1. The van der Waals surface area contributed by atoms with Gasteiger partial charge in [-0.05, 0) is 29.3 Å². The van der Waals surface area contributed by atoms with Gasteiger partial charge >= 0.3 is 0 Å². The largest absolute Gasteiger partial charge is 0.288 e. The van der Waals surface area contributed by atoms with E-state index in [0.717, 1.165) is 32.0 Å². The van der Waals surface area contributed by atoms with Gasteiger partial charge in [0.05, 0.1) is 33.2 Å². The molecule has 1 aliphatic heterocycles. The third kappa shape index (κ3) is 5.89. The highest BCUT2D eigenvalue weighted by Crippen LogP contribution is 2.31. The molecule has 0 bridgehead atoms. The number of halogens is 2. The van der Waals surface area contributed by atoms with E-state index in [4.69, 9.17) is 0 Å². The molecule has 0 N–H and O–H groups in total. The van der Waals surface area contributed by atoms with Crippen molar-refractivity contribution < 1.29 is 13.0 Å². The number of rotatable bonds is 7. The summed E-state index contributed by atoms with van der Waals surface area (Å²) < 4.78 is 40.9. The quantitative estimate of drug-likeness (QED) is 0.377. The van der Waals surface area contributed by atoms with Crippen LogP contribution in [0.5, 0.6) is 0 Å². The van der Waals surface area contributed by atoms with Crippen LogP contribution in [0.15, 0.2) is 52.7 Å². The van der Waals surface area contributed by atoms with Crippen LogP contribution in [0.1, 0.15) is 56.2 Å². The summed E-state index contributed by atoms with van der Waals surface area (Å²) in [5.74, 6) is 0.363. The molecule has 1 aliphatic rings. The maximum atomic E-state index is 12.8. The molecule has 1 aromatic heterocycles. The first-order valence-electron chi connectivity index (χ1n) is 10.8. The van der Waals surface area contributed by atoms with Crippen molar-refractivity contribution in [3.05, 3.63) is 58.6 Å². The van der Waals surface area contributed by atoms with Crippen LogP contribution in [0, 0.1) is 0 Å². The maximum Gasteiger partial charge on any atom is 0.278 e. The number of hydrogen-bond donors (Lipinski definition) is 0. The van der Waals surface area contributed by atoms with Crippen molar-refractivity contribution in [1.29, 1.82) is 0 Å². The van der Waals surface area contributed by atoms with Crippen molar-refractivity contribution in [3.63, 3.8) is 0 Å². The highest BCUT2D eigenvalue weighted by atomic mass is 32.2. The number of alkyl halides is 2. The molecule has 0 spiro atoms. The SMILES string of the molecule is CC.CC(C)c1nc2ccc(N(Cc3ccc(C4=NN=C(C(F)F)C4)cc3)S(C)=O)cc2s1. The zero-order valence-corrected chi connectivity index (χ0v) is 21.0. The summed E-state index contributed by atoms with van der Waals surface area (Å²) >= 11 is 1.66. The predicted molar refractivity (Wildman–Crippen MR) is 136 cm³/mol. The first-order valence-corrected chi connectivity index (χ1v) is 13.2. The second kappa shape index (κ2) is 11.1. The molecule has 9 heteroatoms. The van der Waals surface area contributed by atoms with Gasteiger partial charge in [-0.1, -0.05) is 52.0 Å². The molecule has 2 heterocycles. The monoisotopic (exact) mass is 490 g/mol. The summed E-state index contributed by atoms with van der Waals surface area (Å²) in [7, 11) is -1.22. The molecular weight excluding hydrogens is 462 g/mol. The summed E-state index contributed by atoms with van der Waals surface area (Å²) in [5.41, 5.74) is 3.87. The second-order valence-electron chi connectivity index (χ2n) is 7.63. The van der Waals surface area contributed by atoms with Crippen LogP contribution in [0.4, 0.5) is 14.5 Å². The Morgan fingerprint density at radius 1 is 1.09 bits per heavy atom. The lowest BCUT2D eigenvalue weighted by atomic mass is 10.0. The van der Waals surface area contributed by atoms with E-state index in [2.05, 4.69) is 29.0 Å². The first-order chi connectivity index (χ1) is 15.8. The normalized spacial score (nSPS) is 14.2. The van der Waals surface area contributed by atoms with Crippen LogP contribution in [0.2, 0.25) is 0 Å². The third-order valence-electron chi connectivity index (χ3n) is 4.99. The number of hydrogen-bond acceptors (Lipinski definition) is 5. The van der Waals surface area contributed by atoms with E-state index in [1.54, 1.807) is 17.6 Å². The lowest BCUT2D eigenvalue weighted by Gasteiger charge is -2.22. The first kappa shape index (κ1) is 25.1. The molecular formula is C24H28F2N4OS2. The zero-order valence-electron chi connectivity index (χ0n) is 19.4. The topological polar surface area (TPSA) is 57.9 Å². The van der Waals surface area contributed by atoms with Gasteiger partial charge < -0.3 is 0 Å². The van der Waals surface area contributed by atoms with E-state index in [9.17, 15) is 13.0 Å². The number of benzene rings is 2. The minimum absolute atomic E-state index is 0.0648. The molecule has 176 valence electrons. The van der Waals surface area contributed by atoms with E-state index < -0.39 is 17.4 Å². The number of nitrogens with zero attached hydrogens (tertiary/aromatic N) is 4. The minimum Gasteiger partial charge on any atom is -0.288 e. The smallest absolute Gasteiger partial charge is 0.278 e. The molecule has 4 rings (SSSR count). The molecule has 1 unspecified atom stereocenters. The van der Waals surface area contributed by atoms with Gasteiger partial charge in [0, 0.05) is 18.6 Å². The number of thiazole rings is 1. The molecule has 0 fully saturated rings. The van der Waals surface area contributed by atoms with E-state index in [1.807, 2.05) is 60.6 Å². The fraction of sp³-hybridized carbons (Fsp3) is 0.375. The second-order valence-corrected chi connectivity index (χ2v) is 9.98. The van der Waals surface area contributed by atoms with Crippen molar-refractivity contribution >= 4 is 49.6 Å². The Hall–Kier alpha value is -2.52. The molecule has 2 aromatic carbocycles. The van der Waals surface area contributed by atoms with E-state index in [1.165, 1.54) is 0 Å². The third-order valence-corrected chi connectivity index (χ3v) is 7.27. The summed E-state index contributed by atoms with van der Waals surface area (Å²) in [4.78, 5) is 4.66. The van der Waals surface area contributed by atoms with E-state index in [0.29, 0.717) is 18.2 Å². The molecule has 0 radical (unpaired) electrons. The Morgan fingerprint density at radius 3 is 2.36 bits per heavy atom. The van der Waals surface area contributed by atoms with Crippen LogP contribution in [0.3, 0.4) is 0 Å². The van der Waals surface area contributed by atoms with Gasteiger partial charge in [0.2, 0.25) is 0 Å². The molecule has 0 saturated carbocycles. The Kier molecular flexibility index (Phi) is 8.42. The fourth-order valence-electron chi connectivity index (χ4n) is 3.28. The van der Waals surface area contributed by atoms with E-state index in [-0.39, 0.29) is 12.1 Å². The van der Waals surface area contributed by atoms with Crippen molar-refractivity contribution in [2.75, 3.05) is 10.6 Å². The van der Waals surface area contributed by atoms with Crippen LogP contribution >= 0.6 is 11.3 Å². The fourth-order valence-corrected chi connectivity index (χ4v) is 5.02. The molecule has 0 aliphatic carbocycles. The Morgan fingerprint density at radius 2 is 1.79 bits per heavy atom. The van der Waals surface area contributed by atoms with Gasteiger partial charge in [0.1, 0.15) is 16.7 Å². The van der Waals surface area contributed by atoms with Gasteiger partial charge in [-0.2, -0.15) is 10.2 Å². The summed E-state index contributed by atoms with van der Waals surface area (Å²) in [6.45, 7) is 8.69. The van der Waals surface area contributed by atoms with Gasteiger partial charge in [-0.15, -0.1) is 11.3 Å². The summed E-state index contributed by atoms with van der Waals surface area (Å²) in [6.07, 6.45) is -0.863. The van der Waals surface area contributed by atoms with Crippen LogP contribution in [-0.2, 0) is 17.5 Å². The zero-order chi connectivity index (χ0) is 24.1. The Balaban J connectivity index is 0.00000149. The molecule has 1 atom stereocenters. The summed E-state index contributed by atoms with van der Waals surface area (Å²) in [5, 5.41) is 8.53. The standard InChI is InChI=1S/C22H22F2N4OS2.C2H6/c1-13(2)22-25-17-9-8-16(10-20(17)30-22)28(31(3)29)12-14-4-6-15(7-5-14)18-11-19(21(23)24)27-26-18;1-2/h4-10,13,21H,11-12H2,1-3H3;1-2H3. The van der Waals surface area contributed by atoms with Crippen molar-refractivity contribution in [3.8, 4) is 0 Å². The highest BCUT2D eigenvalue weighted by molar-refractivity contribution is 7.85. The van der Waals surface area contributed by atoms with Crippen molar-refractivity contribution in [2.24, 2.45) is 10.2 Å². The molecule has 0 amide bonds. The van der Waals surface area contributed by atoms with Crippen LogP contribution < -0.4 is 4.31 Å².